The van der Waals surface area contributed by atoms with E-state index >= 15 is 0 Å². The third-order valence-electron chi connectivity index (χ3n) is 5.58. The molecule has 0 aromatic heterocycles. The van der Waals surface area contributed by atoms with E-state index in [9.17, 15) is 0 Å². The second-order valence-electron chi connectivity index (χ2n) is 8.39. The maximum atomic E-state index is 5.89. The molecule has 0 amide bonds. The molecule has 0 spiro atoms. The summed E-state index contributed by atoms with van der Waals surface area (Å²) in [6, 6.07) is 13.2. The van der Waals surface area contributed by atoms with Gasteiger partial charge >= 0.3 is 0 Å². The van der Waals surface area contributed by atoms with Crippen molar-refractivity contribution >= 4 is 17.5 Å². The fraction of sp³-hybridized carbons (Fsp3) is 0.464. The van der Waals surface area contributed by atoms with Crippen molar-refractivity contribution < 1.29 is 37.4 Å². The van der Waals surface area contributed by atoms with Crippen LogP contribution in [0.4, 0.5) is 5.69 Å². The Balaban J connectivity index is 0.00000188. The Morgan fingerprint density at radius 3 is 2.35 bits per heavy atom. The van der Waals surface area contributed by atoms with E-state index in [1.807, 2.05) is 45.0 Å². The van der Waals surface area contributed by atoms with Crippen LogP contribution in [0.5, 0.6) is 5.75 Å². The van der Waals surface area contributed by atoms with Crippen LogP contribution in [-0.2, 0) is 39.3 Å². The van der Waals surface area contributed by atoms with E-state index < -0.39 is 0 Å². The van der Waals surface area contributed by atoms with Crippen molar-refractivity contribution in [2.24, 2.45) is 10.7 Å². The second kappa shape index (κ2) is 15.3. The van der Waals surface area contributed by atoms with E-state index in [-0.39, 0.29) is 32.7 Å². The van der Waals surface area contributed by atoms with Crippen LogP contribution in [0.25, 0.3) is 11.0 Å². The summed E-state index contributed by atoms with van der Waals surface area (Å²) < 4.78 is 5.89. The summed E-state index contributed by atoms with van der Waals surface area (Å²) in [5, 5.41) is 2.25. The molecule has 0 atom stereocenters. The minimum Gasteiger partial charge on any atom is -0.619 e. The van der Waals surface area contributed by atoms with Gasteiger partial charge in [-0.1, -0.05) is 58.0 Å². The summed E-state index contributed by atoms with van der Waals surface area (Å²) in [7, 11) is 1.74. The van der Waals surface area contributed by atoms with Crippen LogP contribution in [0.2, 0.25) is 0 Å². The van der Waals surface area contributed by atoms with Crippen LogP contribution in [-0.4, -0.2) is 30.9 Å². The van der Waals surface area contributed by atoms with Gasteiger partial charge in [-0.05, 0) is 67.0 Å². The first-order valence-electron chi connectivity index (χ1n) is 12.2. The Bertz CT molecular complexity index is 934. The first kappa shape index (κ1) is 30.3. The molecule has 0 unspecified atom stereocenters. The molecular formula is C28H41N4OY-. The number of aliphatic imine (C=N–C) groups is 1. The van der Waals surface area contributed by atoms with Crippen molar-refractivity contribution in [1.82, 2.24) is 5.01 Å². The molecular weight excluding hydrogens is 497 g/mol. The zero-order valence-corrected chi connectivity index (χ0v) is 24.8. The topological polar surface area (TPSA) is 65.0 Å². The van der Waals surface area contributed by atoms with Crippen molar-refractivity contribution in [3.63, 3.8) is 0 Å². The molecule has 1 fully saturated rings. The number of hydrogen-bond acceptors (Lipinski definition) is 4. The van der Waals surface area contributed by atoms with Crippen molar-refractivity contribution in [1.29, 1.82) is 0 Å². The van der Waals surface area contributed by atoms with E-state index in [0.29, 0.717) is 18.6 Å². The van der Waals surface area contributed by atoms with E-state index in [2.05, 4.69) is 42.9 Å². The fourth-order valence-corrected chi connectivity index (χ4v) is 3.66. The number of ether oxygens (including phenoxy) is 1. The van der Waals surface area contributed by atoms with Crippen LogP contribution in [0.15, 0.2) is 47.6 Å². The van der Waals surface area contributed by atoms with Crippen LogP contribution in [0, 0.1) is 6.92 Å². The maximum Gasteiger partial charge on any atom is 0.123 e. The summed E-state index contributed by atoms with van der Waals surface area (Å²) >= 11 is 0. The van der Waals surface area contributed by atoms with Crippen LogP contribution < -0.4 is 10.5 Å². The summed E-state index contributed by atoms with van der Waals surface area (Å²) in [4.78, 5) is 4.06. The van der Waals surface area contributed by atoms with Gasteiger partial charge in [0.25, 0.3) is 0 Å². The third-order valence-corrected chi connectivity index (χ3v) is 5.58. The Morgan fingerprint density at radius 2 is 1.85 bits per heavy atom. The molecule has 5 nitrogen and oxygen atoms in total. The zero-order valence-electron chi connectivity index (χ0n) is 22.0. The van der Waals surface area contributed by atoms with Gasteiger partial charge in [0.2, 0.25) is 0 Å². The Labute approximate surface area is 232 Å². The number of rotatable bonds is 10. The number of allylic oxidation sites excluding steroid dienone is 1. The van der Waals surface area contributed by atoms with Crippen molar-refractivity contribution in [2.75, 3.05) is 13.7 Å². The maximum absolute atomic E-state index is 5.89. The summed E-state index contributed by atoms with van der Waals surface area (Å²) in [6.45, 7) is 14.1. The smallest absolute Gasteiger partial charge is 0.123 e. The molecule has 2 N–H and O–H groups in total. The first-order valence-corrected chi connectivity index (χ1v) is 12.2. The Hall–Kier alpha value is -1.69. The van der Waals surface area contributed by atoms with Crippen molar-refractivity contribution in [2.45, 2.75) is 72.9 Å². The molecule has 3 rings (SSSR count). The number of aryl methyl sites for hydroxylation is 1. The van der Waals surface area contributed by atoms with E-state index in [4.69, 9.17) is 15.9 Å². The molecule has 2 aromatic rings. The van der Waals surface area contributed by atoms with Gasteiger partial charge in [0.15, 0.2) is 0 Å². The molecule has 0 saturated heterocycles. The van der Waals surface area contributed by atoms with Gasteiger partial charge in [0.05, 0.1) is 6.61 Å². The monoisotopic (exact) mass is 538 g/mol. The van der Waals surface area contributed by atoms with Crippen LogP contribution in [0.1, 0.15) is 75.6 Å². The molecule has 0 bridgehead atoms. The normalized spacial score (nSPS) is 13.5. The molecule has 0 aliphatic heterocycles. The van der Waals surface area contributed by atoms with Crippen molar-refractivity contribution in [3.05, 3.63) is 70.3 Å². The Kier molecular flexibility index (Phi) is 13.7. The minimum atomic E-state index is 0. The molecule has 183 valence electrons. The van der Waals surface area contributed by atoms with Gasteiger partial charge in [-0.2, -0.15) is 0 Å². The van der Waals surface area contributed by atoms with Gasteiger partial charge < -0.3 is 20.9 Å². The number of hydrogen-bond donors (Lipinski definition) is 1. The molecule has 1 aliphatic carbocycles. The first-order chi connectivity index (χ1) is 16.0. The molecule has 1 aliphatic rings. The predicted molar refractivity (Wildman–Crippen MR) is 142 cm³/mol. The average molecular weight is 539 g/mol. The standard InChI is InChI=1S/C26H35N4O.C2H6.Y/c1-6-31-26-13-19(4)21(14-25(26)18(2)3)17-30(24-11-12-24)29-23-9-7-20(8-10-23)22(15-27)16-28-5;1-2;/h7-10,13-16,18,24H,6,11-12,17,27H2,1-5H3;1-2H3;/q-1;;/b22-15+,28-16?;;. The number of nitrogens with zero attached hydrogens (tertiary/aromatic N) is 3. The number of nitrogens with two attached hydrogens (primary N) is 1. The quantitative estimate of drug-likeness (QED) is 0.259. The molecule has 2 aromatic carbocycles. The van der Waals surface area contributed by atoms with Crippen molar-refractivity contribution in [3.8, 4) is 5.75 Å². The van der Waals surface area contributed by atoms with Gasteiger partial charge in [0.1, 0.15) is 5.75 Å². The van der Waals surface area contributed by atoms with Crippen LogP contribution in [0.3, 0.4) is 0 Å². The number of benzene rings is 2. The summed E-state index contributed by atoms with van der Waals surface area (Å²) in [5.41, 5.74) is 17.4. The zero-order chi connectivity index (χ0) is 24.4. The van der Waals surface area contributed by atoms with Gasteiger partial charge in [-0.25, -0.2) is 0 Å². The molecule has 1 saturated carbocycles. The SMILES string of the molecule is CC.CCOc1cc(C)c(CN([N-]c2ccc(/C(C=NC)=C/N)cc2)C2CC2)cc1C(C)C.[Y]. The van der Waals surface area contributed by atoms with E-state index in [0.717, 1.165) is 29.1 Å². The van der Waals surface area contributed by atoms with E-state index in [1.54, 1.807) is 19.5 Å². The van der Waals surface area contributed by atoms with Gasteiger partial charge in [-0.15, -0.1) is 5.69 Å². The molecule has 34 heavy (non-hydrogen) atoms. The van der Waals surface area contributed by atoms with Gasteiger partial charge in [0, 0.05) is 64.3 Å². The average Bonchev–Trinajstić information content (AvgIpc) is 3.66. The largest absolute Gasteiger partial charge is 0.619 e. The second-order valence-corrected chi connectivity index (χ2v) is 8.39. The Morgan fingerprint density at radius 1 is 1.21 bits per heavy atom. The van der Waals surface area contributed by atoms with Gasteiger partial charge in [-0.3, -0.25) is 4.99 Å². The van der Waals surface area contributed by atoms with E-state index in [1.165, 1.54) is 29.5 Å². The minimum absolute atomic E-state index is 0. The van der Waals surface area contributed by atoms with Crippen LogP contribution >= 0.6 is 0 Å². The molecule has 6 heteroatoms. The summed E-state index contributed by atoms with van der Waals surface area (Å²) in [5.74, 6) is 1.42. The predicted octanol–water partition coefficient (Wildman–Crippen LogP) is 7.13. The summed E-state index contributed by atoms with van der Waals surface area (Å²) in [6.07, 6.45) is 5.74. The third kappa shape index (κ3) is 8.51. The molecule has 0 heterocycles. The molecule has 1 radical (unpaired) electrons. The fourth-order valence-electron chi connectivity index (χ4n) is 3.66.